The van der Waals surface area contributed by atoms with Gasteiger partial charge in [-0.25, -0.2) is 0 Å². The number of amides is 1. The fourth-order valence-corrected chi connectivity index (χ4v) is 1.16. The van der Waals surface area contributed by atoms with Gasteiger partial charge in [-0.3, -0.25) is 9.59 Å². The minimum absolute atomic E-state index is 0.207. The predicted molar refractivity (Wildman–Crippen MR) is 57.7 cm³/mol. The van der Waals surface area contributed by atoms with Crippen LogP contribution in [-0.2, 0) is 9.59 Å². The maximum absolute atomic E-state index is 12.2. The van der Waals surface area contributed by atoms with E-state index in [2.05, 4.69) is 0 Å². The van der Waals surface area contributed by atoms with Crippen molar-refractivity contribution in [3.63, 3.8) is 0 Å². The van der Waals surface area contributed by atoms with Gasteiger partial charge in [0.05, 0.1) is 6.04 Å². The Hall–Kier alpha value is -1.31. The third-order valence-corrected chi connectivity index (χ3v) is 2.21. The molecule has 0 unspecified atom stereocenters. The number of nitrogens with zero attached hydrogens (tertiary/aromatic N) is 1. The third kappa shape index (κ3) is 5.85. The summed E-state index contributed by atoms with van der Waals surface area (Å²) in [6, 6.07) is -1.20. The van der Waals surface area contributed by atoms with Crippen molar-refractivity contribution in [2.75, 3.05) is 13.1 Å². The van der Waals surface area contributed by atoms with Crippen molar-refractivity contribution in [3.8, 4) is 0 Å². The molecular weight excluding hydrogens is 253 g/mol. The number of hydrogen-bond donors (Lipinski definition) is 2. The topological polar surface area (TPSA) is 83.6 Å². The molecule has 8 heteroatoms. The van der Waals surface area contributed by atoms with Gasteiger partial charge in [0, 0.05) is 0 Å². The second-order valence-electron chi connectivity index (χ2n) is 5.05. The van der Waals surface area contributed by atoms with E-state index in [0.29, 0.717) is 0 Å². The molecule has 0 aliphatic rings. The van der Waals surface area contributed by atoms with Crippen LogP contribution in [0.25, 0.3) is 0 Å². The molecular formula is C10H17F3N2O3. The van der Waals surface area contributed by atoms with Crippen LogP contribution >= 0.6 is 0 Å². The van der Waals surface area contributed by atoms with Crippen molar-refractivity contribution in [1.82, 2.24) is 4.90 Å². The molecule has 0 aromatic heterocycles. The highest BCUT2D eigenvalue weighted by Gasteiger charge is 2.38. The van der Waals surface area contributed by atoms with Crippen molar-refractivity contribution in [2.24, 2.45) is 11.1 Å². The van der Waals surface area contributed by atoms with E-state index in [-0.39, 0.29) is 4.90 Å². The van der Waals surface area contributed by atoms with Crippen LogP contribution in [0.4, 0.5) is 13.2 Å². The summed E-state index contributed by atoms with van der Waals surface area (Å²) in [5, 5.41) is 8.51. The lowest BCUT2D eigenvalue weighted by Crippen LogP contribution is -2.53. The van der Waals surface area contributed by atoms with Gasteiger partial charge in [0.2, 0.25) is 5.91 Å². The zero-order chi connectivity index (χ0) is 14.7. The van der Waals surface area contributed by atoms with Gasteiger partial charge < -0.3 is 15.7 Å². The zero-order valence-electron chi connectivity index (χ0n) is 10.4. The first kappa shape index (κ1) is 16.7. The Morgan fingerprint density at radius 3 is 2.00 bits per heavy atom. The predicted octanol–water partition coefficient (Wildman–Crippen LogP) is 0.835. The summed E-state index contributed by atoms with van der Waals surface area (Å²) in [4.78, 5) is 22.4. The summed E-state index contributed by atoms with van der Waals surface area (Å²) in [7, 11) is 0. The number of carboxylic acids is 1. The molecule has 1 atom stereocenters. The van der Waals surface area contributed by atoms with Gasteiger partial charge in [-0.1, -0.05) is 20.8 Å². The van der Waals surface area contributed by atoms with E-state index in [1.54, 1.807) is 20.8 Å². The van der Waals surface area contributed by atoms with Crippen molar-refractivity contribution in [2.45, 2.75) is 33.0 Å². The highest BCUT2D eigenvalue weighted by atomic mass is 19.4. The average Bonchev–Trinajstić information content (AvgIpc) is 2.09. The summed E-state index contributed by atoms with van der Waals surface area (Å²) >= 11 is 0. The Morgan fingerprint density at radius 2 is 1.72 bits per heavy atom. The van der Waals surface area contributed by atoms with E-state index in [4.69, 9.17) is 10.8 Å². The van der Waals surface area contributed by atoms with Gasteiger partial charge in [-0.05, 0) is 5.41 Å². The highest BCUT2D eigenvalue weighted by Crippen LogP contribution is 2.22. The van der Waals surface area contributed by atoms with Gasteiger partial charge in [-0.15, -0.1) is 0 Å². The van der Waals surface area contributed by atoms with Crippen molar-refractivity contribution in [1.29, 1.82) is 0 Å². The Kier molecular flexibility index (Phi) is 5.15. The highest BCUT2D eigenvalue weighted by molar-refractivity contribution is 5.85. The van der Waals surface area contributed by atoms with Gasteiger partial charge in [0.15, 0.2) is 0 Å². The lowest BCUT2D eigenvalue weighted by atomic mass is 9.86. The average molecular weight is 270 g/mol. The monoisotopic (exact) mass is 270 g/mol. The summed E-state index contributed by atoms with van der Waals surface area (Å²) in [5.74, 6) is -2.55. The van der Waals surface area contributed by atoms with Gasteiger partial charge in [0.1, 0.15) is 13.1 Å². The molecule has 5 nitrogen and oxygen atoms in total. The summed E-state index contributed by atoms with van der Waals surface area (Å²) in [6.07, 6.45) is -4.66. The van der Waals surface area contributed by atoms with E-state index in [0.717, 1.165) is 0 Å². The number of alkyl halides is 3. The molecule has 0 spiro atoms. The van der Waals surface area contributed by atoms with Crippen LogP contribution in [0.1, 0.15) is 20.8 Å². The third-order valence-electron chi connectivity index (χ3n) is 2.21. The maximum Gasteiger partial charge on any atom is 0.406 e. The number of carbonyl (C=O) groups is 2. The summed E-state index contributed by atoms with van der Waals surface area (Å²) in [5.41, 5.74) is 4.79. The van der Waals surface area contributed by atoms with E-state index >= 15 is 0 Å². The number of carbonyl (C=O) groups excluding carboxylic acids is 1. The van der Waals surface area contributed by atoms with Crippen LogP contribution in [0, 0.1) is 5.41 Å². The van der Waals surface area contributed by atoms with Crippen LogP contribution in [-0.4, -0.2) is 47.2 Å². The number of hydrogen-bond acceptors (Lipinski definition) is 3. The summed E-state index contributed by atoms with van der Waals surface area (Å²) in [6.45, 7) is 2.11. The lowest BCUT2D eigenvalue weighted by Gasteiger charge is -2.31. The number of halogens is 3. The molecule has 18 heavy (non-hydrogen) atoms. The van der Waals surface area contributed by atoms with Crippen LogP contribution < -0.4 is 5.73 Å². The van der Waals surface area contributed by atoms with Crippen LogP contribution in [0.15, 0.2) is 0 Å². The Bertz CT molecular complexity index is 323. The Morgan fingerprint density at radius 1 is 1.28 bits per heavy atom. The minimum atomic E-state index is -4.66. The first-order chi connectivity index (χ1) is 7.84. The minimum Gasteiger partial charge on any atom is -0.480 e. The molecule has 0 radical (unpaired) electrons. The van der Waals surface area contributed by atoms with E-state index in [1.807, 2.05) is 0 Å². The normalized spacial score (nSPS) is 14.2. The van der Waals surface area contributed by atoms with Crippen LogP contribution in [0.5, 0.6) is 0 Å². The SMILES string of the molecule is CC(C)(C)[C@H](N)C(=O)N(CC(=O)O)CC(F)(F)F. The molecule has 0 rings (SSSR count). The van der Waals surface area contributed by atoms with Crippen molar-refractivity contribution < 1.29 is 27.9 Å². The van der Waals surface area contributed by atoms with Crippen LogP contribution in [0.2, 0.25) is 0 Å². The van der Waals surface area contributed by atoms with E-state index in [1.165, 1.54) is 0 Å². The molecule has 0 saturated carbocycles. The molecule has 0 saturated heterocycles. The van der Waals surface area contributed by atoms with Gasteiger partial charge >= 0.3 is 12.1 Å². The second kappa shape index (κ2) is 5.55. The molecule has 106 valence electrons. The first-order valence-corrected chi connectivity index (χ1v) is 5.17. The number of carboxylic acid groups (broad SMARTS) is 1. The van der Waals surface area contributed by atoms with E-state index in [9.17, 15) is 22.8 Å². The van der Waals surface area contributed by atoms with E-state index < -0.39 is 42.6 Å². The lowest BCUT2D eigenvalue weighted by molar-refractivity contribution is -0.167. The molecule has 1 amide bonds. The van der Waals surface area contributed by atoms with Crippen LogP contribution in [0.3, 0.4) is 0 Å². The first-order valence-electron chi connectivity index (χ1n) is 5.17. The maximum atomic E-state index is 12.2. The molecule has 0 aliphatic heterocycles. The van der Waals surface area contributed by atoms with Gasteiger partial charge in [-0.2, -0.15) is 13.2 Å². The molecule has 3 N–H and O–H groups in total. The summed E-state index contributed by atoms with van der Waals surface area (Å²) < 4.78 is 36.7. The number of rotatable bonds is 4. The quantitative estimate of drug-likeness (QED) is 0.792. The number of nitrogens with two attached hydrogens (primary N) is 1. The van der Waals surface area contributed by atoms with Crippen molar-refractivity contribution in [3.05, 3.63) is 0 Å². The standard InChI is InChI=1S/C10H17F3N2O3/c1-9(2,3)7(14)8(18)15(4-6(16)17)5-10(11,12)13/h7H,4-5,14H2,1-3H3,(H,16,17)/t7-/m1/s1. The number of aliphatic carboxylic acids is 1. The Balaban J connectivity index is 4.97. The molecule has 0 heterocycles. The fourth-order valence-electron chi connectivity index (χ4n) is 1.16. The Labute approximate surface area is 103 Å². The molecule has 0 aliphatic carbocycles. The fraction of sp³-hybridized carbons (Fsp3) is 0.800. The van der Waals surface area contributed by atoms with Gasteiger partial charge in [0.25, 0.3) is 0 Å². The second-order valence-corrected chi connectivity index (χ2v) is 5.05. The molecule has 0 aromatic carbocycles. The van der Waals surface area contributed by atoms with Crippen molar-refractivity contribution >= 4 is 11.9 Å². The smallest absolute Gasteiger partial charge is 0.406 e. The largest absolute Gasteiger partial charge is 0.480 e. The molecule has 0 bridgehead atoms. The zero-order valence-corrected chi connectivity index (χ0v) is 10.4. The molecule has 0 aromatic rings. The molecule has 0 fully saturated rings.